The van der Waals surface area contributed by atoms with E-state index in [2.05, 4.69) is 21.5 Å². The Kier molecular flexibility index (Phi) is 3.85. The average molecular weight is 396 g/mol. The van der Waals surface area contributed by atoms with Gasteiger partial charge in [0.1, 0.15) is 6.33 Å². The number of aromatic nitrogens is 3. The third-order valence-corrected chi connectivity index (χ3v) is 5.76. The minimum absolute atomic E-state index is 0.134. The number of nitrogens with zero attached hydrogens (tertiary/aromatic N) is 3. The van der Waals surface area contributed by atoms with E-state index >= 15 is 0 Å². The minimum atomic E-state index is 0.134. The Bertz CT molecular complexity index is 1200. The van der Waals surface area contributed by atoms with Gasteiger partial charge in [0.05, 0.1) is 11.4 Å². The van der Waals surface area contributed by atoms with E-state index in [1.807, 2.05) is 42.6 Å². The number of halogens is 2. The van der Waals surface area contributed by atoms with E-state index in [4.69, 9.17) is 24.6 Å². The minimum Gasteiger partial charge on any atom is -0.312 e. The van der Waals surface area contributed by atoms with Crippen LogP contribution >= 0.6 is 23.2 Å². The predicted molar refractivity (Wildman–Crippen MR) is 108 cm³/mol. The van der Waals surface area contributed by atoms with Crippen molar-refractivity contribution in [3.05, 3.63) is 87.8 Å². The maximum atomic E-state index is 8.83. The first-order chi connectivity index (χ1) is 13.6. The Balaban J connectivity index is 1.60. The van der Waals surface area contributed by atoms with Crippen LogP contribution in [0.15, 0.2) is 61.0 Å². The standard InChI is InChI=1S/C21H16Cl2N4/c22-19-5-2-14(8-20(19)23)18-10-24-9-16-7-13(1-4-17(16)18)15-3-6-21-25-12-26-27(21)11-15/h1-8,11-12,18,24H,9-10H2/i7D. The van der Waals surface area contributed by atoms with Crippen LogP contribution in [0.25, 0.3) is 16.8 Å². The van der Waals surface area contributed by atoms with Gasteiger partial charge in [-0.05, 0) is 52.6 Å². The molecule has 0 aliphatic carbocycles. The molecule has 3 heterocycles. The van der Waals surface area contributed by atoms with Crippen LogP contribution in [-0.2, 0) is 6.54 Å². The highest BCUT2D eigenvalue weighted by molar-refractivity contribution is 6.42. The third kappa shape index (κ3) is 3.00. The van der Waals surface area contributed by atoms with Crippen molar-refractivity contribution in [2.24, 2.45) is 0 Å². The van der Waals surface area contributed by atoms with Gasteiger partial charge in [0.2, 0.25) is 0 Å². The molecule has 1 atom stereocenters. The zero-order valence-corrected chi connectivity index (χ0v) is 15.8. The summed E-state index contributed by atoms with van der Waals surface area (Å²) in [4.78, 5) is 4.18. The molecule has 0 saturated carbocycles. The molecule has 0 spiro atoms. The molecule has 0 bridgehead atoms. The van der Waals surface area contributed by atoms with E-state index in [1.165, 1.54) is 6.33 Å². The third-order valence-electron chi connectivity index (χ3n) is 5.02. The maximum absolute atomic E-state index is 8.83. The summed E-state index contributed by atoms with van der Waals surface area (Å²) in [5, 5.41) is 8.74. The summed E-state index contributed by atoms with van der Waals surface area (Å²) in [5.74, 6) is 0.134. The number of hydrogen-bond acceptors (Lipinski definition) is 3. The molecule has 0 fully saturated rings. The van der Waals surface area contributed by atoms with Gasteiger partial charge in [-0.25, -0.2) is 9.50 Å². The summed E-state index contributed by atoms with van der Waals surface area (Å²) in [6.07, 6.45) is 3.44. The molecule has 2 aromatic heterocycles. The van der Waals surface area contributed by atoms with Gasteiger partial charge in [-0.1, -0.05) is 41.4 Å². The molecule has 134 valence electrons. The number of benzene rings is 2. The average Bonchev–Trinajstić information content (AvgIpc) is 3.18. The van der Waals surface area contributed by atoms with Gasteiger partial charge >= 0.3 is 0 Å². The SMILES string of the molecule is [2H]c1c(-c2ccc3ncnn3c2)ccc2c1CNCC2c1ccc(Cl)c(Cl)c1. The van der Waals surface area contributed by atoms with Gasteiger partial charge in [0.15, 0.2) is 5.65 Å². The molecule has 2 aromatic carbocycles. The fraction of sp³-hybridized carbons (Fsp3) is 0.143. The first kappa shape index (κ1) is 15.6. The van der Waals surface area contributed by atoms with Crippen LogP contribution in [0.3, 0.4) is 0 Å². The van der Waals surface area contributed by atoms with Crippen LogP contribution < -0.4 is 5.32 Å². The number of hydrogen-bond donors (Lipinski definition) is 1. The zero-order chi connectivity index (χ0) is 19.3. The molecule has 4 aromatic rings. The Morgan fingerprint density at radius 3 is 2.85 bits per heavy atom. The Morgan fingerprint density at radius 2 is 1.96 bits per heavy atom. The molecular weight excluding hydrogens is 379 g/mol. The second-order valence-corrected chi connectivity index (χ2v) is 7.46. The van der Waals surface area contributed by atoms with Gasteiger partial charge in [0.25, 0.3) is 0 Å². The van der Waals surface area contributed by atoms with Crippen molar-refractivity contribution >= 4 is 28.8 Å². The van der Waals surface area contributed by atoms with Gasteiger partial charge in [-0.15, -0.1) is 0 Å². The van der Waals surface area contributed by atoms with Crippen molar-refractivity contribution in [2.45, 2.75) is 12.5 Å². The molecule has 0 saturated heterocycles. The van der Waals surface area contributed by atoms with Gasteiger partial charge in [0, 0.05) is 30.8 Å². The summed E-state index contributed by atoms with van der Waals surface area (Å²) in [6.45, 7) is 1.47. The van der Waals surface area contributed by atoms with Crippen LogP contribution in [0.2, 0.25) is 10.0 Å². The van der Waals surface area contributed by atoms with E-state index in [-0.39, 0.29) is 5.92 Å². The second-order valence-electron chi connectivity index (χ2n) is 6.64. The Hall–Kier alpha value is -2.40. The largest absolute Gasteiger partial charge is 0.312 e. The van der Waals surface area contributed by atoms with E-state index in [0.717, 1.165) is 40.0 Å². The van der Waals surface area contributed by atoms with E-state index < -0.39 is 0 Å². The summed E-state index contributed by atoms with van der Waals surface area (Å²) < 4.78 is 10.6. The van der Waals surface area contributed by atoms with E-state index in [9.17, 15) is 0 Å². The number of fused-ring (bicyclic) bond motifs is 2. The normalized spacial score (nSPS) is 17.0. The monoisotopic (exact) mass is 395 g/mol. The van der Waals surface area contributed by atoms with Crippen molar-refractivity contribution in [1.29, 1.82) is 0 Å². The van der Waals surface area contributed by atoms with Crippen molar-refractivity contribution < 1.29 is 1.37 Å². The lowest BCUT2D eigenvalue weighted by molar-refractivity contribution is 0.591. The van der Waals surface area contributed by atoms with Crippen LogP contribution in [0.4, 0.5) is 0 Å². The van der Waals surface area contributed by atoms with Crippen LogP contribution in [0, 0.1) is 0 Å². The highest BCUT2D eigenvalue weighted by atomic mass is 35.5. The highest BCUT2D eigenvalue weighted by Crippen LogP contribution is 2.35. The first-order valence-corrected chi connectivity index (χ1v) is 9.45. The topological polar surface area (TPSA) is 42.2 Å². The highest BCUT2D eigenvalue weighted by Gasteiger charge is 2.22. The summed E-state index contributed by atoms with van der Waals surface area (Å²) in [5.41, 5.74) is 5.88. The molecule has 1 N–H and O–H groups in total. The number of nitrogens with one attached hydrogen (secondary N) is 1. The fourth-order valence-electron chi connectivity index (χ4n) is 3.65. The zero-order valence-electron chi connectivity index (χ0n) is 15.3. The molecule has 27 heavy (non-hydrogen) atoms. The van der Waals surface area contributed by atoms with Crippen LogP contribution in [0.5, 0.6) is 0 Å². The van der Waals surface area contributed by atoms with Gasteiger partial charge in [-0.2, -0.15) is 5.10 Å². The van der Waals surface area contributed by atoms with Crippen LogP contribution in [0.1, 0.15) is 24.0 Å². The second kappa shape index (κ2) is 6.64. The summed E-state index contributed by atoms with van der Waals surface area (Å²) >= 11 is 12.3. The van der Waals surface area contributed by atoms with Gasteiger partial charge < -0.3 is 5.32 Å². The smallest absolute Gasteiger partial charge is 0.155 e. The van der Waals surface area contributed by atoms with E-state index in [1.54, 1.807) is 4.52 Å². The van der Waals surface area contributed by atoms with Crippen molar-refractivity contribution in [2.75, 3.05) is 6.54 Å². The van der Waals surface area contributed by atoms with E-state index in [0.29, 0.717) is 22.6 Å². The van der Waals surface area contributed by atoms with Crippen molar-refractivity contribution in [1.82, 2.24) is 19.9 Å². The Labute approximate surface area is 168 Å². The van der Waals surface area contributed by atoms with Gasteiger partial charge in [-0.3, -0.25) is 0 Å². The lowest BCUT2D eigenvalue weighted by Crippen LogP contribution is -2.28. The summed E-state index contributed by atoms with van der Waals surface area (Å²) in [7, 11) is 0. The summed E-state index contributed by atoms with van der Waals surface area (Å²) in [6, 6.07) is 14.3. The molecule has 0 amide bonds. The van der Waals surface area contributed by atoms with Crippen LogP contribution in [-0.4, -0.2) is 21.1 Å². The molecule has 4 nitrogen and oxygen atoms in total. The molecule has 1 aliphatic heterocycles. The lowest BCUT2D eigenvalue weighted by Gasteiger charge is -2.27. The molecule has 1 unspecified atom stereocenters. The number of pyridine rings is 1. The first-order valence-electron chi connectivity index (χ1n) is 9.19. The number of rotatable bonds is 2. The van der Waals surface area contributed by atoms with Crippen molar-refractivity contribution in [3.63, 3.8) is 0 Å². The quantitative estimate of drug-likeness (QED) is 0.522. The molecule has 5 rings (SSSR count). The maximum Gasteiger partial charge on any atom is 0.155 e. The molecule has 6 heteroatoms. The fourth-order valence-corrected chi connectivity index (χ4v) is 3.95. The lowest BCUT2D eigenvalue weighted by atomic mass is 9.84. The molecular formula is C21H16Cl2N4. The Morgan fingerprint density at radius 1 is 1.07 bits per heavy atom. The molecule has 0 radical (unpaired) electrons. The predicted octanol–water partition coefficient (Wildman–Crippen LogP) is 4.94. The molecule has 1 aliphatic rings. The van der Waals surface area contributed by atoms with Crippen molar-refractivity contribution in [3.8, 4) is 11.1 Å².